The molecule has 1 saturated heterocycles. The molecule has 3 nitrogen and oxygen atoms in total. The molecule has 1 aromatic rings. The van der Waals surface area contributed by atoms with Gasteiger partial charge >= 0.3 is 0 Å². The monoisotopic (exact) mass is 317 g/mol. The van der Waals surface area contributed by atoms with Crippen molar-refractivity contribution in [2.24, 2.45) is 0 Å². The Kier molecular flexibility index (Phi) is 3.42. The Balaban J connectivity index is 1.93. The van der Waals surface area contributed by atoms with Gasteiger partial charge in [-0.15, -0.1) is 0 Å². The number of nitrogens with zero attached hydrogens (tertiary/aromatic N) is 1. The lowest BCUT2D eigenvalue weighted by molar-refractivity contribution is -0.121. The molecule has 1 amide bonds. The van der Waals surface area contributed by atoms with E-state index in [1.165, 1.54) is 16.7 Å². The van der Waals surface area contributed by atoms with Gasteiger partial charge in [0.15, 0.2) is 0 Å². The molecular weight excluding hydrogens is 302 g/mol. The summed E-state index contributed by atoms with van der Waals surface area (Å²) in [7, 11) is 1.70. The third kappa shape index (κ3) is 2.76. The molecule has 0 radical (unpaired) electrons. The van der Waals surface area contributed by atoms with Gasteiger partial charge in [0.2, 0.25) is 0 Å². The highest BCUT2D eigenvalue weighted by Crippen LogP contribution is 2.34. The van der Waals surface area contributed by atoms with E-state index in [0.29, 0.717) is 9.23 Å². The highest BCUT2D eigenvalue weighted by Gasteiger charge is 2.28. The van der Waals surface area contributed by atoms with Gasteiger partial charge in [-0.3, -0.25) is 9.69 Å². The fourth-order valence-electron chi connectivity index (χ4n) is 2.18. The molecule has 5 heteroatoms. The van der Waals surface area contributed by atoms with Crippen molar-refractivity contribution < 1.29 is 9.53 Å². The number of rotatable bonds is 1. The average molecular weight is 317 g/mol. The number of amides is 1. The standard InChI is InChI=1S/C16H15NO2S2/c1-16(2)7-6-11-8-10(4-5-12(11)19-16)9-13-14(18)17(3)15(20)21-13/h4-9H,1-3H3/b13-9-. The van der Waals surface area contributed by atoms with E-state index in [1.807, 2.05) is 44.2 Å². The molecule has 3 rings (SSSR count). The number of thiocarbonyl (C=S) groups is 1. The van der Waals surface area contributed by atoms with Crippen LogP contribution < -0.4 is 4.74 Å². The first-order valence-corrected chi connectivity index (χ1v) is 7.82. The molecule has 1 aromatic carbocycles. The highest BCUT2D eigenvalue weighted by molar-refractivity contribution is 8.26. The lowest BCUT2D eigenvalue weighted by Gasteiger charge is -2.27. The summed E-state index contributed by atoms with van der Waals surface area (Å²) in [4.78, 5) is 14.2. The number of likely N-dealkylation sites (N-methyl/N-ethyl adjacent to an activating group) is 1. The van der Waals surface area contributed by atoms with Crippen LogP contribution in [0.1, 0.15) is 25.0 Å². The van der Waals surface area contributed by atoms with Crippen LogP contribution in [0.5, 0.6) is 5.75 Å². The summed E-state index contributed by atoms with van der Waals surface area (Å²) in [6, 6.07) is 5.92. The van der Waals surface area contributed by atoms with Crippen molar-refractivity contribution in [3.8, 4) is 5.75 Å². The number of thioether (sulfide) groups is 1. The van der Waals surface area contributed by atoms with Gasteiger partial charge < -0.3 is 4.74 Å². The quantitative estimate of drug-likeness (QED) is 0.583. The second kappa shape index (κ2) is 5.00. The third-order valence-corrected chi connectivity index (χ3v) is 4.84. The summed E-state index contributed by atoms with van der Waals surface area (Å²) in [6.45, 7) is 4.04. The second-order valence-corrected chi connectivity index (χ2v) is 7.25. The Morgan fingerprint density at radius 1 is 1.38 bits per heavy atom. The van der Waals surface area contributed by atoms with Crippen molar-refractivity contribution >= 4 is 46.4 Å². The SMILES string of the molecule is CN1C(=O)/C(=C/c2ccc3c(c2)C=CC(C)(C)O3)SC1=S. The molecule has 21 heavy (non-hydrogen) atoms. The van der Waals surface area contributed by atoms with Gasteiger partial charge in [0.25, 0.3) is 5.91 Å². The molecule has 1 fully saturated rings. The normalized spacial score (nSPS) is 21.7. The van der Waals surface area contributed by atoms with Crippen LogP contribution in [0.4, 0.5) is 0 Å². The van der Waals surface area contributed by atoms with E-state index in [0.717, 1.165) is 16.9 Å². The van der Waals surface area contributed by atoms with Crippen LogP contribution in [0, 0.1) is 0 Å². The van der Waals surface area contributed by atoms with E-state index in [2.05, 4.69) is 6.08 Å². The Bertz CT molecular complexity index is 704. The number of carbonyl (C=O) groups excluding carboxylic acids is 1. The molecule has 0 unspecified atom stereocenters. The van der Waals surface area contributed by atoms with E-state index in [-0.39, 0.29) is 11.5 Å². The van der Waals surface area contributed by atoms with Crippen LogP contribution in [0.15, 0.2) is 29.2 Å². The average Bonchev–Trinajstić information content (AvgIpc) is 2.66. The van der Waals surface area contributed by atoms with Crippen molar-refractivity contribution in [3.05, 3.63) is 40.3 Å². The van der Waals surface area contributed by atoms with Crippen molar-refractivity contribution in [2.45, 2.75) is 19.4 Å². The first-order valence-electron chi connectivity index (χ1n) is 6.60. The lowest BCUT2D eigenvalue weighted by Crippen LogP contribution is -2.27. The molecule has 0 saturated carbocycles. The maximum atomic E-state index is 12.0. The number of hydrogen-bond donors (Lipinski definition) is 0. The highest BCUT2D eigenvalue weighted by atomic mass is 32.2. The number of hydrogen-bond acceptors (Lipinski definition) is 4. The lowest BCUT2D eigenvalue weighted by atomic mass is 10.0. The van der Waals surface area contributed by atoms with Crippen LogP contribution in [0.2, 0.25) is 0 Å². The van der Waals surface area contributed by atoms with Crippen LogP contribution in [-0.2, 0) is 4.79 Å². The fraction of sp³-hybridized carbons (Fsp3) is 0.250. The molecule has 2 aliphatic rings. The first kappa shape index (κ1) is 14.4. The Hall–Kier alpha value is -1.59. The van der Waals surface area contributed by atoms with E-state index >= 15 is 0 Å². The largest absolute Gasteiger partial charge is 0.483 e. The molecule has 0 bridgehead atoms. The van der Waals surface area contributed by atoms with Gasteiger partial charge in [-0.2, -0.15) is 0 Å². The first-order chi connectivity index (χ1) is 9.85. The second-order valence-electron chi connectivity index (χ2n) is 5.58. The molecule has 0 N–H and O–H groups in total. The van der Waals surface area contributed by atoms with Crippen LogP contribution in [0.25, 0.3) is 12.2 Å². The van der Waals surface area contributed by atoms with E-state index in [4.69, 9.17) is 17.0 Å². The van der Waals surface area contributed by atoms with Gasteiger partial charge in [-0.25, -0.2) is 0 Å². The summed E-state index contributed by atoms with van der Waals surface area (Å²) in [5, 5.41) is 0. The van der Waals surface area contributed by atoms with Crippen LogP contribution >= 0.6 is 24.0 Å². The number of fused-ring (bicyclic) bond motifs is 1. The summed E-state index contributed by atoms with van der Waals surface area (Å²) >= 11 is 6.46. The molecule has 2 heterocycles. The summed E-state index contributed by atoms with van der Waals surface area (Å²) in [6.07, 6.45) is 5.96. The zero-order chi connectivity index (χ0) is 15.2. The molecular formula is C16H15NO2S2. The minimum absolute atomic E-state index is 0.0457. The maximum Gasteiger partial charge on any atom is 0.265 e. The van der Waals surface area contributed by atoms with E-state index in [1.54, 1.807) is 7.05 Å². The predicted octanol–water partition coefficient (Wildman–Crippen LogP) is 3.70. The Morgan fingerprint density at radius 3 is 2.81 bits per heavy atom. The maximum absolute atomic E-state index is 12.0. The summed E-state index contributed by atoms with van der Waals surface area (Å²) < 4.78 is 6.48. The van der Waals surface area contributed by atoms with Gasteiger partial charge in [0.05, 0.1) is 4.91 Å². The van der Waals surface area contributed by atoms with Crippen molar-refractivity contribution in [1.29, 1.82) is 0 Å². The van der Waals surface area contributed by atoms with Crippen molar-refractivity contribution in [3.63, 3.8) is 0 Å². The van der Waals surface area contributed by atoms with E-state index in [9.17, 15) is 4.79 Å². The van der Waals surface area contributed by atoms with E-state index < -0.39 is 0 Å². The zero-order valence-corrected chi connectivity index (χ0v) is 13.7. The smallest absolute Gasteiger partial charge is 0.265 e. The van der Waals surface area contributed by atoms with Gasteiger partial charge in [-0.05, 0) is 43.7 Å². The molecule has 0 aromatic heterocycles. The van der Waals surface area contributed by atoms with Gasteiger partial charge in [-0.1, -0.05) is 36.1 Å². The van der Waals surface area contributed by atoms with Crippen molar-refractivity contribution in [2.75, 3.05) is 7.05 Å². The number of benzene rings is 1. The van der Waals surface area contributed by atoms with Crippen molar-refractivity contribution in [1.82, 2.24) is 4.90 Å². The van der Waals surface area contributed by atoms with Gasteiger partial charge in [0, 0.05) is 12.6 Å². The number of ether oxygens (including phenoxy) is 1. The molecule has 0 aliphatic carbocycles. The predicted molar refractivity (Wildman–Crippen MR) is 91.1 cm³/mol. The summed E-state index contributed by atoms with van der Waals surface area (Å²) in [5.41, 5.74) is 1.71. The minimum Gasteiger partial charge on any atom is -0.483 e. The fourth-order valence-corrected chi connectivity index (χ4v) is 3.36. The molecule has 108 valence electrons. The topological polar surface area (TPSA) is 29.5 Å². The molecule has 2 aliphatic heterocycles. The van der Waals surface area contributed by atoms with Crippen LogP contribution in [0.3, 0.4) is 0 Å². The molecule has 0 atom stereocenters. The van der Waals surface area contributed by atoms with Crippen LogP contribution in [-0.4, -0.2) is 27.8 Å². The molecule has 0 spiro atoms. The van der Waals surface area contributed by atoms with Gasteiger partial charge in [0.1, 0.15) is 15.7 Å². The zero-order valence-electron chi connectivity index (χ0n) is 12.0. The Labute approximate surface area is 133 Å². The Morgan fingerprint density at radius 2 is 2.14 bits per heavy atom. The number of carbonyl (C=O) groups is 1. The third-order valence-electron chi connectivity index (χ3n) is 3.36. The summed E-state index contributed by atoms with van der Waals surface area (Å²) in [5.74, 6) is 0.818. The minimum atomic E-state index is -0.279.